The van der Waals surface area contributed by atoms with E-state index < -0.39 is 17.6 Å². The first-order chi connectivity index (χ1) is 14.8. The summed E-state index contributed by atoms with van der Waals surface area (Å²) >= 11 is 0. The molecule has 2 amide bonds. The fourth-order valence-corrected chi connectivity index (χ4v) is 4.13. The van der Waals surface area contributed by atoms with Gasteiger partial charge in [-0.15, -0.1) is 0 Å². The third-order valence-corrected chi connectivity index (χ3v) is 5.74. The number of likely N-dealkylation sites (tertiary alicyclic amines) is 1. The number of amides is 2. The molecule has 0 atom stereocenters. The molecule has 2 aromatic carbocycles. The number of piperidine rings is 1. The van der Waals surface area contributed by atoms with E-state index in [1.165, 1.54) is 18.2 Å². The summed E-state index contributed by atoms with van der Waals surface area (Å²) in [5, 5.41) is 0. The average Bonchev–Trinajstić information content (AvgIpc) is 2.99. The van der Waals surface area contributed by atoms with Gasteiger partial charge >= 0.3 is 0 Å². The van der Waals surface area contributed by atoms with E-state index in [0.29, 0.717) is 41.6 Å². The first kappa shape index (κ1) is 21.1. The van der Waals surface area contributed by atoms with Crippen LogP contribution in [0.1, 0.15) is 39.2 Å². The highest BCUT2D eigenvalue weighted by atomic mass is 19.1. The fraction of sp³-hybridized carbons (Fsp3) is 0.360. The summed E-state index contributed by atoms with van der Waals surface area (Å²) < 4.78 is 19.6. The third-order valence-electron chi connectivity index (χ3n) is 5.74. The van der Waals surface area contributed by atoms with Crippen LogP contribution in [0.3, 0.4) is 0 Å². The lowest BCUT2D eigenvalue weighted by molar-refractivity contribution is -0.120. The van der Waals surface area contributed by atoms with Gasteiger partial charge in [-0.1, -0.05) is 25.1 Å². The minimum Gasteiger partial charge on any atom is -0.491 e. The van der Waals surface area contributed by atoms with Gasteiger partial charge in [-0.25, -0.2) is 9.29 Å². The zero-order chi connectivity index (χ0) is 22.1. The maximum atomic E-state index is 13.9. The molecule has 2 aromatic rings. The number of nitrogens with zero attached hydrogens (tertiary/aromatic N) is 2. The Bertz CT molecular complexity index is 1020. The molecule has 0 saturated carbocycles. The molecule has 0 aromatic heterocycles. The van der Waals surface area contributed by atoms with Crippen molar-refractivity contribution in [1.29, 1.82) is 0 Å². The lowest BCUT2D eigenvalue weighted by atomic mass is 9.97. The van der Waals surface area contributed by atoms with E-state index in [1.807, 2.05) is 18.7 Å². The van der Waals surface area contributed by atoms with E-state index in [9.17, 15) is 14.0 Å². The number of benzene rings is 2. The summed E-state index contributed by atoms with van der Waals surface area (Å²) in [4.78, 5) is 30.0. The molecule has 0 radical (unpaired) electrons. The molecule has 6 heteroatoms. The molecule has 162 valence electrons. The van der Waals surface area contributed by atoms with Crippen molar-refractivity contribution in [3.8, 4) is 5.75 Å². The van der Waals surface area contributed by atoms with Crippen molar-refractivity contribution in [2.45, 2.75) is 39.7 Å². The highest BCUT2D eigenvalue weighted by molar-refractivity contribution is 6.45. The molecular weight excluding hydrogens is 395 g/mol. The standard InChI is InChI=1S/C25H27FN2O3/c1-16(2)31-21-9-7-18(8-10-21)22-23(27-13-11-17(3)12-14-27)25(30)28(24(22)29)20-6-4-5-19(26)15-20/h4-10,15-17H,11-14H2,1-3H3. The molecule has 5 nitrogen and oxygen atoms in total. The Morgan fingerprint density at radius 3 is 2.29 bits per heavy atom. The zero-order valence-corrected chi connectivity index (χ0v) is 18.1. The van der Waals surface area contributed by atoms with Gasteiger partial charge in [0.05, 0.1) is 17.4 Å². The highest BCUT2D eigenvalue weighted by Gasteiger charge is 2.43. The normalized spacial score (nSPS) is 17.8. The lowest BCUT2D eigenvalue weighted by Crippen LogP contribution is -2.38. The summed E-state index contributed by atoms with van der Waals surface area (Å²) in [6.45, 7) is 7.51. The molecule has 1 fully saturated rings. The topological polar surface area (TPSA) is 49.9 Å². The number of hydrogen-bond donors (Lipinski definition) is 0. The molecule has 31 heavy (non-hydrogen) atoms. The monoisotopic (exact) mass is 422 g/mol. The summed E-state index contributed by atoms with van der Waals surface area (Å²) in [6, 6.07) is 12.8. The smallest absolute Gasteiger partial charge is 0.282 e. The number of carbonyl (C=O) groups excluding carboxylic acids is 2. The van der Waals surface area contributed by atoms with Crippen molar-refractivity contribution in [3.05, 3.63) is 65.6 Å². The van der Waals surface area contributed by atoms with Crippen LogP contribution in [0.5, 0.6) is 5.75 Å². The number of anilines is 1. The van der Waals surface area contributed by atoms with Crippen LogP contribution in [-0.2, 0) is 9.59 Å². The second-order valence-corrected chi connectivity index (χ2v) is 8.51. The van der Waals surface area contributed by atoms with Crippen molar-refractivity contribution < 1.29 is 18.7 Å². The molecule has 0 unspecified atom stereocenters. The maximum absolute atomic E-state index is 13.9. The summed E-state index contributed by atoms with van der Waals surface area (Å²) in [6.07, 6.45) is 1.95. The van der Waals surface area contributed by atoms with Gasteiger partial charge in [0.2, 0.25) is 0 Å². The first-order valence-electron chi connectivity index (χ1n) is 10.8. The quantitative estimate of drug-likeness (QED) is 0.660. The van der Waals surface area contributed by atoms with Crippen LogP contribution < -0.4 is 9.64 Å². The van der Waals surface area contributed by atoms with Crippen LogP contribution in [-0.4, -0.2) is 35.9 Å². The minimum absolute atomic E-state index is 0.0362. The number of halogens is 1. The van der Waals surface area contributed by atoms with Gasteiger partial charge in [0, 0.05) is 13.1 Å². The van der Waals surface area contributed by atoms with Crippen molar-refractivity contribution in [3.63, 3.8) is 0 Å². The van der Waals surface area contributed by atoms with Crippen molar-refractivity contribution in [2.75, 3.05) is 18.0 Å². The highest BCUT2D eigenvalue weighted by Crippen LogP contribution is 2.37. The van der Waals surface area contributed by atoms with Gasteiger partial charge in [-0.2, -0.15) is 0 Å². The summed E-state index contributed by atoms with van der Waals surface area (Å²) in [5.74, 6) is -0.0368. The Labute approximate surface area is 182 Å². The predicted molar refractivity (Wildman–Crippen MR) is 118 cm³/mol. The lowest BCUT2D eigenvalue weighted by Gasteiger charge is -2.32. The Kier molecular flexibility index (Phi) is 5.81. The average molecular weight is 423 g/mol. The molecular formula is C25H27FN2O3. The SMILES string of the molecule is CC1CCN(C2=C(c3ccc(OC(C)C)cc3)C(=O)N(c3cccc(F)c3)C2=O)CC1. The Morgan fingerprint density at radius 1 is 1.00 bits per heavy atom. The van der Waals surface area contributed by atoms with Crippen LogP contribution in [0.2, 0.25) is 0 Å². The largest absolute Gasteiger partial charge is 0.491 e. The summed E-state index contributed by atoms with van der Waals surface area (Å²) in [7, 11) is 0. The second-order valence-electron chi connectivity index (χ2n) is 8.51. The maximum Gasteiger partial charge on any atom is 0.282 e. The van der Waals surface area contributed by atoms with E-state index in [0.717, 1.165) is 17.7 Å². The number of hydrogen-bond acceptors (Lipinski definition) is 4. The first-order valence-corrected chi connectivity index (χ1v) is 10.8. The van der Waals surface area contributed by atoms with Crippen LogP contribution in [0, 0.1) is 11.7 Å². The van der Waals surface area contributed by atoms with Crippen molar-refractivity contribution in [1.82, 2.24) is 4.90 Å². The third kappa shape index (κ3) is 4.20. The van der Waals surface area contributed by atoms with Crippen LogP contribution in [0.15, 0.2) is 54.2 Å². The molecule has 2 aliphatic heterocycles. The van der Waals surface area contributed by atoms with Gasteiger partial charge in [-0.05, 0) is 68.5 Å². The Morgan fingerprint density at radius 2 is 1.68 bits per heavy atom. The van der Waals surface area contributed by atoms with E-state index in [4.69, 9.17) is 4.74 Å². The number of ether oxygens (including phenoxy) is 1. The zero-order valence-electron chi connectivity index (χ0n) is 18.1. The Balaban J connectivity index is 1.76. The molecule has 0 bridgehead atoms. The fourth-order valence-electron chi connectivity index (χ4n) is 4.13. The number of carbonyl (C=O) groups is 2. The van der Waals surface area contributed by atoms with Crippen LogP contribution >= 0.6 is 0 Å². The van der Waals surface area contributed by atoms with Crippen LogP contribution in [0.25, 0.3) is 5.57 Å². The number of rotatable bonds is 5. The Hall–Kier alpha value is -3.15. The predicted octanol–water partition coefficient (Wildman–Crippen LogP) is 4.63. The molecule has 2 aliphatic rings. The van der Waals surface area contributed by atoms with Gasteiger partial charge in [0.25, 0.3) is 11.8 Å². The van der Waals surface area contributed by atoms with Gasteiger partial charge < -0.3 is 9.64 Å². The van der Waals surface area contributed by atoms with Gasteiger partial charge in [0.15, 0.2) is 0 Å². The molecule has 0 spiro atoms. The minimum atomic E-state index is -0.491. The van der Waals surface area contributed by atoms with E-state index in [1.54, 1.807) is 30.3 Å². The second kappa shape index (κ2) is 8.53. The number of imide groups is 1. The van der Waals surface area contributed by atoms with E-state index in [-0.39, 0.29) is 11.8 Å². The van der Waals surface area contributed by atoms with E-state index >= 15 is 0 Å². The molecule has 4 rings (SSSR count). The van der Waals surface area contributed by atoms with E-state index in [2.05, 4.69) is 6.92 Å². The van der Waals surface area contributed by atoms with Gasteiger partial charge in [0.1, 0.15) is 17.3 Å². The van der Waals surface area contributed by atoms with Crippen molar-refractivity contribution >= 4 is 23.1 Å². The van der Waals surface area contributed by atoms with Crippen molar-refractivity contribution in [2.24, 2.45) is 5.92 Å². The molecule has 1 saturated heterocycles. The summed E-state index contributed by atoms with van der Waals surface area (Å²) in [5.41, 5.74) is 1.66. The molecule has 0 N–H and O–H groups in total. The van der Waals surface area contributed by atoms with Gasteiger partial charge in [-0.3, -0.25) is 9.59 Å². The molecule has 2 heterocycles. The molecule has 0 aliphatic carbocycles. The van der Waals surface area contributed by atoms with Crippen LogP contribution in [0.4, 0.5) is 10.1 Å².